The first-order valence-electron chi connectivity index (χ1n) is 6.24. The molecule has 0 fully saturated rings. The normalized spacial score (nSPS) is 10.0. The molecule has 0 unspecified atom stereocenters. The van der Waals surface area contributed by atoms with E-state index in [1.165, 1.54) is 12.1 Å². The summed E-state index contributed by atoms with van der Waals surface area (Å²) in [4.78, 5) is 62.1. The van der Waals surface area contributed by atoms with Crippen LogP contribution in [0.2, 0.25) is 6.82 Å². The first-order chi connectivity index (χ1) is 11.7. The van der Waals surface area contributed by atoms with Gasteiger partial charge < -0.3 is 0 Å². The number of rotatable bonds is 3. The van der Waals surface area contributed by atoms with Crippen molar-refractivity contribution in [2.75, 3.05) is 0 Å². The van der Waals surface area contributed by atoms with Crippen molar-refractivity contribution in [1.29, 1.82) is 5.41 Å². The van der Waals surface area contributed by atoms with Crippen molar-refractivity contribution in [2.24, 2.45) is 5.06 Å². The molecule has 2 N–H and O–H groups in total. The Labute approximate surface area is 139 Å². The summed E-state index contributed by atoms with van der Waals surface area (Å²) in [5.41, 5.74) is -2.95. The molecule has 2 radical (unpaired) electrons. The molecule has 12 nitrogen and oxygen atoms in total. The Morgan fingerprint density at radius 3 is 2.64 bits per heavy atom. The molecule has 1 heterocycles. The number of amides is 2. The van der Waals surface area contributed by atoms with E-state index in [0.29, 0.717) is 0 Å². The summed E-state index contributed by atoms with van der Waals surface area (Å²) in [5.74, 6) is -3.81. The van der Waals surface area contributed by atoms with Gasteiger partial charge in [0.1, 0.15) is 0 Å². The van der Waals surface area contributed by atoms with Crippen molar-refractivity contribution < 1.29 is 28.3 Å². The van der Waals surface area contributed by atoms with Crippen molar-refractivity contribution in [3.63, 3.8) is 0 Å². The number of halogens is 1. The zero-order valence-corrected chi connectivity index (χ0v) is 12.5. The van der Waals surface area contributed by atoms with Crippen molar-refractivity contribution in [1.82, 2.24) is 14.5 Å². The predicted molar refractivity (Wildman–Crippen MR) is 78.9 cm³/mol. The molecule has 0 aliphatic rings. The van der Waals surface area contributed by atoms with Crippen LogP contribution >= 0.6 is 0 Å². The molecule has 0 aromatic carbocycles. The number of nitrogens with zero attached hydrogens (tertiary/aromatic N) is 3. The van der Waals surface area contributed by atoms with Crippen LogP contribution in [0, 0.1) is 11.2 Å². The summed E-state index contributed by atoms with van der Waals surface area (Å²) < 4.78 is 17.7. The second kappa shape index (κ2) is 8.47. The number of carbonyl (C=O) groups is 3. The van der Waals surface area contributed by atoms with Gasteiger partial charge in [-0.1, -0.05) is 0 Å². The van der Waals surface area contributed by atoms with Gasteiger partial charge in [-0.15, -0.1) is 0 Å². The quantitative estimate of drug-likeness (QED) is 0.285. The third kappa shape index (κ3) is 5.33. The van der Waals surface area contributed by atoms with E-state index in [9.17, 15) is 28.4 Å². The minimum absolute atomic E-state index is 0.00546. The molecule has 25 heavy (non-hydrogen) atoms. The summed E-state index contributed by atoms with van der Waals surface area (Å²) in [6.45, 7) is 0.372. The fraction of sp³-hybridized carbons (Fsp3) is 0.200. The fourth-order valence-corrected chi connectivity index (χ4v) is 1.40. The number of hydrogen-bond acceptors (Lipinski definition) is 9. The standard InChI is InChI=1S/C10H8B2FN5O7/c1-12-16-25-5(19)3-17-6(20)4(13)2-18(10(17)23)8(21)15-9(22)24-7(11)14/h2,14H,3H2,1H3,(H,15,21,22). The summed E-state index contributed by atoms with van der Waals surface area (Å²) >= 11 is 0. The molecular weight excluding hydrogens is 343 g/mol. The number of imide groups is 1. The number of ether oxygens (including phenoxy) is 1. The van der Waals surface area contributed by atoms with Gasteiger partial charge in [-0.2, -0.15) is 0 Å². The molecule has 0 bridgehead atoms. The van der Waals surface area contributed by atoms with E-state index in [1.807, 2.05) is 0 Å². The third-order valence-corrected chi connectivity index (χ3v) is 2.31. The van der Waals surface area contributed by atoms with E-state index in [2.05, 4.69) is 14.6 Å². The number of aromatic nitrogens is 2. The molecule has 2 amide bonds. The molecule has 0 saturated heterocycles. The van der Waals surface area contributed by atoms with E-state index < -0.39 is 47.5 Å². The first kappa shape index (κ1) is 19.7. The third-order valence-electron chi connectivity index (χ3n) is 2.31. The molecule has 0 aliphatic heterocycles. The maximum atomic E-state index is 13.6. The van der Waals surface area contributed by atoms with Crippen LogP contribution in [-0.2, 0) is 20.9 Å². The van der Waals surface area contributed by atoms with Gasteiger partial charge in [-0.3, -0.25) is 5.41 Å². The van der Waals surface area contributed by atoms with Gasteiger partial charge in [-0.05, 0) is 0 Å². The van der Waals surface area contributed by atoms with E-state index in [1.54, 1.807) is 0 Å². The Bertz CT molecular complexity index is 877. The van der Waals surface area contributed by atoms with E-state index in [0.717, 1.165) is 7.07 Å². The van der Waals surface area contributed by atoms with Crippen LogP contribution in [0.3, 0.4) is 0 Å². The van der Waals surface area contributed by atoms with Gasteiger partial charge >= 0.3 is 125 Å². The summed E-state index contributed by atoms with van der Waals surface area (Å²) in [6.07, 6.45) is -1.33. The molecule has 1 aromatic heterocycles. The Hall–Kier alpha value is -3.38. The molecule has 128 valence electrons. The number of hydrogen-bond donors (Lipinski definition) is 2. The molecule has 0 atom stereocenters. The van der Waals surface area contributed by atoms with E-state index >= 15 is 0 Å². The predicted octanol–water partition coefficient (Wildman–Crippen LogP) is -1.66. The van der Waals surface area contributed by atoms with Gasteiger partial charge in [0.05, 0.1) is 0 Å². The van der Waals surface area contributed by atoms with Crippen LogP contribution in [0.1, 0.15) is 0 Å². The second-order valence-electron chi connectivity index (χ2n) is 4.03. The zero-order valence-electron chi connectivity index (χ0n) is 12.5. The molecule has 1 rings (SSSR count). The van der Waals surface area contributed by atoms with Crippen LogP contribution in [0.25, 0.3) is 0 Å². The molecule has 0 aliphatic carbocycles. The van der Waals surface area contributed by atoms with Gasteiger partial charge in [0.2, 0.25) is 0 Å². The van der Waals surface area contributed by atoms with Crippen LogP contribution in [-0.4, -0.2) is 47.9 Å². The van der Waals surface area contributed by atoms with E-state index in [-0.39, 0.29) is 15.3 Å². The molecule has 0 spiro atoms. The topological polar surface area (TPSA) is 162 Å². The Morgan fingerprint density at radius 2 is 2.08 bits per heavy atom. The summed E-state index contributed by atoms with van der Waals surface area (Å²) in [5, 5.41) is 11.3. The van der Waals surface area contributed by atoms with Crippen LogP contribution in [0.5, 0.6) is 0 Å². The summed E-state index contributed by atoms with van der Waals surface area (Å²) in [7, 11) is 5.85. The first-order valence-corrected chi connectivity index (χ1v) is 6.24. The van der Waals surface area contributed by atoms with E-state index in [4.69, 9.17) is 13.3 Å². The fourth-order valence-electron chi connectivity index (χ4n) is 1.40. The second-order valence-corrected chi connectivity index (χ2v) is 4.03. The van der Waals surface area contributed by atoms with Crippen LogP contribution in [0.4, 0.5) is 14.0 Å². The number of nitrogens with one attached hydrogen (secondary N) is 2. The average Bonchev–Trinajstić information content (AvgIpc) is 2.51. The van der Waals surface area contributed by atoms with Crippen molar-refractivity contribution in [2.45, 2.75) is 13.4 Å². The van der Waals surface area contributed by atoms with Crippen LogP contribution in [0.15, 0.2) is 20.8 Å². The monoisotopic (exact) mass is 351 g/mol. The molecule has 1 aromatic rings. The number of carbonyl (C=O) groups excluding carboxylic acids is 3. The van der Waals surface area contributed by atoms with Crippen molar-refractivity contribution >= 4 is 38.8 Å². The number of alkyl carbamates (subject to hydrolysis) is 1. The maximum absolute atomic E-state index is 13.6. The molecule has 15 heteroatoms. The van der Waals surface area contributed by atoms with Crippen molar-refractivity contribution in [3.05, 3.63) is 32.9 Å². The van der Waals surface area contributed by atoms with Gasteiger partial charge in [-0.25, -0.2) is 0 Å². The van der Waals surface area contributed by atoms with Gasteiger partial charge in [0.15, 0.2) is 7.85 Å². The Kier molecular flexibility index (Phi) is 6.66. The SMILES string of the molecule is [B]C(=N)OC(=O)NC(=O)n1cc(F)c(=O)n(CC(=O)ON=BC)c1=O. The Morgan fingerprint density at radius 1 is 1.44 bits per heavy atom. The van der Waals surface area contributed by atoms with Crippen molar-refractivity contribution in [3.8, 4) is 0 Å². The Balaban J connectivity index is 3.18. The molecule has 0 saturated carbocycles. The zero-order chi connectivity index (χ0) is 19.1. The van der Waals surface area contributed by atoms with Crippen LogP contribution < -0.4 is 16.6 Å². The minimum atomic E-state index is -1.57. The van der Waals surface area contributed by atoms with Gasteiger partial charge in [0.25, 0.3) is 0 Å². The summed E-state index contributed by atoms with van der Waals surface area (Å²) in [6, 6.07) is -1.52. The molecular formula is C10H8B2FN5O7. The average molecular weight is 351 g/mol. The van der Waals surface area contributed by atoms with Gasteiger partial charge in [0, 0.05) is 0 Å².